The summed E-state index contributed by atoms with van der Waals surface area (Å²) in [6.45, 7) is 0. The van der Waals surface area contributed by atoms with E-state index in [0.717, 1.165) is 0 Å². The third kappa shape index (κ3) is 9.34. The van der Waals surface area contributed by atoms with Gasteiger partial charge in [0.25, 0.3) is 0 Å². The van der Waals surface area contributed by atoms with Crippen molar-refractivity contribution >= 4 is 44.9 Å². The van der Waals surface area contributed by atoms with E-state index in [1.54, 1.807) is 10.8 Å². The number of thiazole rings is 2. The molecule has 2 heterocycles. The molecule has 0 saturated heterocycles. The van der Waals surface area contributed by atoms with Crippen LogP contribution in [-0.2, 0) is 47.4 Å². The normalized spacial score (nSPS) is 8.73. The molecule has 0 unspecified atom stereocenters. The first-order valence-electron chi connectivity index (χ1n) is 5.16. The summed E-state index contributed by atoms with van der Waals surface area (Å²) in [5.74, 6) is -2.27. The van der Waals surface area contributed by atoms with Crippen LogP contribution in [0.3, 0.4) is 0 Å². The maximum atomic E-state index is 9.99. The Balaban J connectivity index is 0. The van der Waals surface area contributed by atoms with Crippen molar-refractivity contribution < 1.29 is 44.8 Å². The van der Waals surface area contributed by atoms with Gasteiger partial charge in [-0.05, 0) is 0 Å². The Labute approximate surface area is 146 Å². The fraction of sp³-hybridized carbons (Fsp3) is 0.200. The van der Waals surface area contributed by atoms with Gasteiger partial charge < -0.3 is 36.7 Å². The van der Waals surface area contributed by atoms with Crippen molar-refractivity contribution in [2.75, 3.05) is 11.5 Å². The van der Waals surface area contributed by atoms with Crippen molar-refractivity contribution in [2.45, 2.75) is 12.8 Å². The Kier molecular flexibility index (Phi) is 11.3. The molecule has 2 rings (SSSR count). The van der Waals surface area contributed by atoms with E-state index >= 15 is 0 Å². The molecule has 0 aliphatic heterocycles. The summed E-state index contributed by atoms with van der Waals surface area (Å²) in [4.78, 5) is 27.4. The summed E-state index contributed by atoms with van der Waals surface area (Å²) in [5.41, 5.74) is 11.4. The molecule has 0 radical (unpaired) electrons. The molecule has 12 heteroatoms. The molecule has 7 N–H and O–H groups in total. The topological polar surface area (TPSA) is 191 Å². The number of nitrogens with zero attached hydrogens (tertiary/aromatic N) is 2. The van der Waals surface area contributed by atoms with Gasteiger partial charge in [0.15, 0.2) is 10.3 Å². The summed E-state index contributed by atoms with van der Waals surface area (Å²) < 4.78 is 0. The van der Waals surface area contributed by atoms with E-state index in [-0.39, 0.29) is 37.8 Å². The quantitative estimate of drug-likeness (QED) is 0.404. The molecule has 0 fully saturated rings. The molecule has 9 nitrogen and oxygen atoms in total. The molecule has 0 aliphatic carbocycles. The number of rotatable bonds is 4. The van der Waals surface area contributed by atoms with Crippen LogP contribution >= 0.6 is 22.7 Å². The molecule has 0 bridgehead atoms. The van der Waals surface area contributed by atoms with Gasteiger partial charge in [0, 0.05) is 35.5 Å². The van der Waals surface area contributed by atoms with Crippen molar-refractivity contribution in [1.29, 1.82) is 0 Å². The predicted molar refractivity (Wildman–Crippen MR) is 75.3 cm³/mol. The van der Waals surface area contributed by atoms with Crippen LogP contribution in [0.5, 0.6) is 0 Å². The van der Waals surface area contributed by atoms with Crippen LogP contribution in [0.4, 0.5) is 10.3 Å². The molecule has 2 aromatic rings. The van der Waals surface area contributed by atoms with Crippen LogP contribution in [0, 0.1) is 0 Å². The Morgan fingerprint density at radius 3 is 1.45 bits per heavy atom. The third-order valence-electron chi connectivity index (χ3n) is 1.79. The van der Waals surface area contributed by atoms with Gasteiger partial charge in [-0.3, -0.25) is 0 Å². The summed E-state index contributed by atoms with van der Waals surface area (Å²) in [7, 11) is 0. The van der Waals surface area contributed by atoms with Gasteiger partial charge in [-0.15, -0.1) is 22.7 Å². The van der Waals surface area contributed by atoms with Crippen molar-refractivity contribution in [1.82, 2.24) is 9.97 Å². The van der Waals surface area contributed by atoms with E-state index in [9.17, 15) is 19.8 Å². The standard InChI is InChI=1S/2C5H6N2O2S.H2O.Zn/c2*6-5-7-3(2-10-5)1-4(8)9;;/h2*2H,1H2,(H2,6,7)(H,8,9);1H2;/q;;;+2/p-1. The number of aliphatic carboxylic acids is 2. The number of carbonyl (C=O) groups is 2. The Morgan fingerprint density at radius 1 is 0.955 bits per heavy atom. The fourth-order valence-electron chi connectivity index (χ4n) is 1.10. The van der Waals surface area contributed by atoms with Gasteiger partial charge in [0.1, 0.15) is 0 Å². The molecule has 22 heavy (non-hydrogen) atoms. The van der Waals surface area contributed by atoms with E-state index < -0.39 is 11.9 Å². The van der Waals surface area contributed by atoms with Crippen LogP contribution in [0.2, 0.25) is 0 Å². The minimum Gasteiger partial charge on any atom is -0.550 e. The Hall–Kier alpha value is -1.62. The molecule has 0 spiro atoms. The molecular weight excluding hydrogens is 386 g/mol. The number of nitrogen functional groups attached to an aromatic ring is 2. The zero-order chi connectivity index (χ0) is 15.1. The van der Waals surface area contributed by atoms with Gasteiger partial charge in [-0.2, -0.15) is 0 Å². The fourth-order valence-corrected chi connectivity index (χ4v) is 2.23. The third-order valence-corrected chi connectivity index (χ3v) is 3.24. The van der Waals surface area contributed by atoms with E-state index in [1.165, 1.54) is 22.7 Å². The Bertz CT molecular complexity index is 551. The molecular formula is C10H13N4O5S2Zn+. The molecule has 0 amide bonds. The van der Waals surface area contributed by atoms with E-state index in [1.807, 2.05) is 0 Å². The smallest absolute Gasteiger partial charge is 0.550 e. The number of aromatic nitrogens is 2. The van der Waals surface area contributed by atoms with E-state index in [4.69, 9.17) is 11.5 Å². The maximum Gasteiger partial charge on any atom is 2.00 e. The largest absolute Gasteiger partial charge is 2.00 e. The SMILES string of the molecule is Nc1nc(CC(=O)[O-])cs1.Nc1nc(CC(=O)[O-])cs1.[OH3+].[Zn+2]. The molecule has 116 valence electrons. The second kappa shape index (κ2) is 11.0. The summed E-state index contributed by atoms with van der Waals surface area (Å²) in [6.07, 6.45) is -0.318. The van der Waals surface area contributed by atoms with Gasteiger partial charge in [-0.1, -0.05) is 0 Å². The van der Waals surface area contributed by atoms with Crippen molar-refractivity contribution in [3.8, 4) is 0 Å². The summed E-state index contributed by atoms with van der Waals surface area (Å²) >= 11 is 2.44. The number of anilines is 2. The first kappa shape index (κ1) is 22.7. The average Bonchev–Trinajstić information content (AvgIpc) is 2.87. The average molecular weight is 399 g/mol. The van der Waals surface area contributed by atoms with Crippen LogP contribution in [0.1, 0.15) is 11.4 Å². The molecule has 0 atom stereocenters. The second-order valence-corrected chi connectivity index (χ2v) is 5.23. The number of carboxylic acid groups (broad SMARTS) is 2. The second-order valence-electron chi connectivity index (χ2n) is 3.45. The van der Waals surface area contributed by atoms with Crippen molar-refractivity contribution in [3.05, 3.63) is 22.1 Å². The minimum atomic E-state index is -1.13. The zero-order valence-electron chi connectivity index (χ0n) is 11.4. The van der Waals surface area contributed by atoms with Crippen LogP contribution in [0.25, 0.3) is 0 Å². The zero-order valence-corrected chi connectivity index (χ0v) is 16.0. The molecule has 2 aromatic heterocycles. The van der Waals surface area contributed by atoms with Crippen LogP contribution in [0.15, 0.2) is 10.8 Å². The minimum absolute atomic E-state index is 0. The maximum absolute atomic E-state index is 9.99. The predicted octanol–water partition coefficient (Wildman–Crippen LogP) is -2.89. The van der Waals surface area contributed by atoms with Gasteiger partial charge in [0.05, 0.1) is 11.4 Å². The van der Waals surface area contributed by atoms with Crippen LogP contribution < -0.4 is 21.7 Å². The van der Waals surface area contributed by atoms with Crippen molar-refractivity contribution in [3.63, 3.8) is 0 Å². The number of nitrogens with two attached hydrogens (primary N) is 2. The van der Waals surface area contributed by atoms with Crippen LogP contribution in [-0.4, -0.2) is 21.9 Å². The number of carbonyl (C=O) groups excluding carboxylic acids is 2. The van der Waals surface area contributed by atoms with Gasteiger partial charge in [-0.25, -0.2) is 9.97 Å². The van der Waals surface area contributed by atoms with Gasteiger partial charge in [0.2, 0.25) is 0 Å². The first-order chi connectivity index (χ1) is 9.36. The van der Waals surface area contributed by atoms with E-state index in [2.05, 4.69) is 9.97 Å². The number of carboxylic acids is 2. The summed E-state index contributed by atoms with van der Waals surface area (Å²) in [5, 5.41) is 24.0. The Morgan fingerprint density at radius 2 is 1.27 bits per heavy atom. The monoisotopic (exact) mass is 397 g/mol. The van der Waals surface area contributed by atoms with E-state index in [0.29, 0.717) is 21.7 Å². The molecule has 0 aliphatic rings. The number of hydrogen-bond acceptors (Lipinski definition) is 10. The molecule has 0 saturated carbocycles. The first-order valence-corrected chi connectivity index (χ1v) is 6.92. The van der Waals surface area contributed by atoms with Crippen molar-refractivity contribution in [2.24, 2.45) is 0 Å². The van der Waals surface area contributed by atoms with Gasteiger partial charge >= 0.3 is 19.5 Å². The molecule has 0 aromatic carbocycles. The summed E-state index contributed by atoms with van der Waals surface area (Å²) in [6, 6.07) is 0. The number of hydrogen-bond donors (Lipinski definition) is 2.